The van der Waals surface area contributed by atoms with Gasteiger partial charge in [0.1, 0.15) is 17.3 Å². The number of anilines is 1. The van der Waals surface area contributed by atoms with Crippen molar-refractivity contribution in [1.29, 1.82) is 0 Å². The van der Waals surface area contributed by atoms with Crippen LogP contribution in [0.15, 0.2) is 66.7 Å². The van der Waals surface area contributed by atoms with Gasteiger partial charge in [-0.25, -0.2) is 14.2 Å². The Morgan fingerprint density at radius 2 is 1.72 bits per heavy atom. The Balaban J connectivity index is 1.42. The number of ether oxygens (including phenoxy) is 1. The van der Waals surface area contributed by atoms with Gasteiger partial charge in [-0.15, -0.1) is 0 Å². The molecule has 1 aromatic heterocycles. The van der Waals surface area contributed by atoms with E-state index in [1.165, 1.54) is 29.2 Å². The molecule has 1 aliphatic rings. The highest BCUT2D eigenvalue weighted by molar-refractivity contribution is 6.04. The highest BCUT2D eigenvalue weighted by atomic mass is 19.1. The first-order valence-corrected chi connectivity index (χ1v) is 12.9. The summed E-state index contributed by atoms with van der Waals surface area (Å²) in [5.41, 5.74) is 1.26. The minimum absolute atomic E-state index is 0.221. The van der Waals surface area contributed by atoms with Gasteiger partial charge in [0.15, 0.2) is 0 Å². The van der Waals surface area contributed by atoms with Crippen LogP contribution < -0.4 is 9.64 Å². The molecule has 2 heterocycles. The molecule has 0 radical (unpaired) electrons. The molecule has 206 valence electrons. The van der Waals surface area contributed by atoms with Crippen LogP contribution in [0.2, 0.25) is 0 Å². The van der Waals surface area contributed by atoms with Gasteiger partial charge >= 0.3 is 6.09 Å². The summed E-state index contributed by atoms with van der Waals surface area (Å²) in [6.07, 6.45) is -0.883. The first-order chi connectivity index (χ1) is 18.4. The quantitative estimate of drug-likeness (QED) is 0.424. The Kier molecular flexibility index (Phi) is 7.92. The average Bonchev–Trinajstić information content (AvgIpc) is 2.89. The summed E-state index contributed by atoms with van der Waals surface area (Å²) < 4.78 is 18.8. The lowest BCUT2D eigenvalue weighted by atomic mass is 9.72. The molecule has 1 aliphatic heterocycles. The number of rotatable bonds is 6. The normalized spacial score (nSPS) is 18.1. The second kappa shape index (κ2) is 11.0. The monoisotopic (exact) mass is 534 g/mol. The van der Waals surface area contributed by atoms with Crippen molar-refractivity contribution in [1.82, 2.24) is 14.8 Å². The summed E-state index contributed by atoms with van der Waals surface area (Å²) in [7, 11) is 1.69. The van der Waals surface area contributed by atoms with Crippen LogP contribution in [0.5, 0.6) is 11.6 Å². The number of amides is 2. The average molecular weight is 535 g/mol. The third-order valence-corrected chi connectivity index (χ3v) is 7.63. The topological polar surface area (TPSA) is 86.2 Å². The van der Waals surface area contributed by atoms with E-state index in [1.807, 2.05) is 31.2 Å². The van der Waals surface area contributed by atoms with Crippen LogP contribution in [0, 0.1) is 11.2 Å². The van der Waals surface area contributed by atoms with E-state index in [0.29, 0.717) is 37.6 Å². The minimum atomic E-state index is -0.883. The SMILES string of the molecule is CN(C(=O)c1cccc(Oc2ccc(F)cc2)n1)c1ccc(CN2CCN(C(=O)O)[C@@](C)(C(C)(C)C)C2)cc1. The van der Waals surface area contributed by atoms with Gasteiger partial charge in [-0.2, -0.15) is 0 Å². The van der Waals surface area contributed by atoms with Crippen molar-refractivity contribution >= 4 is 17.7 Å². The van der Waals surface area contributed by atoms with Gasteiger partial charge < -0.3 is 14.7 Å². The maximum absolute atomic E-state index is 13.2. The van der Waals surface area contributed by atoms with E-state index in [-0.39, 0.29) is 28.7 Å². The van der Waals surface area contributed by atoms with Crippen LogP contribution >= 0.6 is 0 Å². The molecule has 0 bridgehead atoms. The summed E-state index contributed by atoms with van der Waals surface area (Å²) in [4.78, 5) is 34.7. The molecular weight excluding hydrogens is 499 g/mol. The lowest BCUT2D eigenvalue weighted by Gasteiger charge is -2.54. The number of halogens is 1. The maximum Gasteiger partial charge on any atom is 0.407 e. The molecule has 1 atom stereocenters. The molecule has 3 aromatic rings. The fraction of sp³-hybridized carbons (Fsp3) is 0.367. The number of carbonyl (C=O) groups is 2. The van der Waals surface area contributed by atoms with Crippen molar-refractivity contribution in [3.8, 4) is 11.6 Å². The van der Waals surface area contributed by atoms with E-state index < -0.39 is 11.6 Å². The number of piperazine rings is 1. The van der Waals surface area contributed by atoms with E-state index in [2.05, 4.69) is 30.7 Å². The number of nitrogens with zero attached hydrogens (tertiary/aromatic N) is 4. The summed E-state index contributed by atoms with van der Waals surface area (Å²) in [5.74, 6) is 0.000143. The Bertz CT molecular complexity index is 1320. The van der Waals surface area contributed by atoms with Crippen molar-refractivity contribution in [3.63, 3.8) is 0 Å². The van der Waals surface area contributed by atoms with Crippen LogP contribution in [0.4, 0.5) is 14.9 Å². The van der Waals surface area contributed by atoms with Crippen molar-refractivity contribution in [2.24, 2.45) is 5.41 Å². The fourth-order valence-electron chi connectivity index (χ4n) is 4.76. The molecule has 0 aliphatic carbocycles. The Morgan fingerprint density at radius 1 is 1.05 bits per heavy atom. The van der Waals surface area contributed by atoms with Gasteiger partial charge in [-0.3, -0.25) is 14.6 Å². The van der Waals surface area contributed by atoms with Crippen LogP contribution in [0.3, 0.4) is 0 Å². The summed E-state index contributed by atoms with van der Waals surface area (Å²) in [6, 6.07) is 18.3. The number of aromatic nitrogens is 1. The molecule has 1 N–H and O–H groups in total. The zero-order chi connectivity index (χ0) is 28.4. The highest BCUT2D eigenvalue weighted by Crippen LogP contribution is 2.38. The van der Waals surface area contributed by atoms with Crippen LogP contribution in [-0.2, 0) is 6.54 Å². The van der Waals surface area contributed by atoms with Gasteiger partial charge in [0.25, 0.3) is 5.91 Å². The predicted octanol–water partition coefficient (Wildman–Crippen LogP) is 5.89. The standard InChI is InChI=1S/C30H35FN4O4/c1-29(2,3)30(4)20-34(17-18-35(30)28(37)38)19-21-9-13-23(14-10-21)33(5)27(36)25-7-6-8-26(32-25)39-24-15-11-22(31)12-16-24/h6-16H,17-20H2,1-5H3,(H,37,38)/t30-/m1/s1. The molecular formula is C30H35FN4O4. The third kappa shape index (κ3) is 6.20. The lowest BCUT2D eigenvalue weighted by Crippen LogP contribution is -2.67. The third-order valence-electron chi connectivity index (χ3n) is 7.63. The molecule has 1 saturated heterocycles. The van der Waals surface area contributed by atoms with Crippen LogP contribution in [-0.4, -0.2) is 64.1 Å². The van der Waals surface area contributed by atoms with Gasteiger partial charge in [-0.05, 0) is 60.4 Å². The molecule has 1 fully saturated rings. The molecule has 0 spiro atoms. The highest BCUT2D eigenvalue weighted by Gasteiger charge is 2.48. The Morgan fingerprint density at radius 3 is 2.33 bits per heavy atom. The molecule has 2 aromatic carbocycles. The molecule has 0 saturated carbocycles. The minimum Gasteiger partial charge on any atom is -0.465 e. The van der Waals surface area contributed by atoms with Crippen molar-refractivity contribution < 1.29 is 23.8 Å². The fourth-order valence-corrected chi connectivity index (χ4v) is 4.76. The molecule has 8 nitrogen and oxygen atoms in total. The van der Waals surface area contributed by atoms with E-state index in [4.69, 9.17) is 4.74 Å². The van der Waals surface area contributed by atoms with Gasteiger partial charge in [0, 0.05) is 45.0 Å². The van der Waals surface area contributed by atoms with Crippen molar-refractivity contribution in [2.45, 2.75) is 39.8 Å². The first-order valence-electron chi connectivity index (χ1n) is 12.9. The molecule has 0 unspecified atom stereocenters. The molecule has 2 amide bonds. The molecule has 39 heavy (non-hydrogen) atoms. The van der Waals surface area contributed by atoms with E-state index >= 15 is 0 Å². The van der Waals surface area contributed by atoms with E-state index in [9.17, 15) is 19.1 Å². The number of carboxylic acid groups (broad SMARTS) is 1. The van der Waals surface area contributed by atoms with Gasteiger partial charge in [0.2, 0.25) is 5.88 Å². The van der Waals surface area contributed by atoms with E-state index in [0.717, 1.165) is 5.56 Å². The summed E-state index contributed by atoms with van der Waals surface area (Å²) >= 11 is 0. The molecule has 4 rings (SSSR count). The second-order valence-corrected chi connectivity index (χ2v) is 11.1. The lowest BCUT2D eigenvalue weighted by molar-refractivity contribution is -0.0462. The van der Waals surface area contributed by atoms with Crippen molar-refractivity contribution in [3.05, 3.63) is 83.8 Å². The van der Waals surface area contributed by atoms with Crippen molar-refractivity contribution in [2.75, 3.05) is 31.6 Å². The number of pyridine rings is 1. The zero-order valence-corrected chi connectivity index (χ0v) is 23.0. The number of hydrogen-bond acceptors (Lipinski definition) is 5. The zero-order valence-electron chi connectivity index (χ0n) is 23.0. The number of carbonyl (C=O) groups excluding carboxylic acids is 1. The summed E-state index contributed by atoms with van der Waals surface area (Å²) in [5, 5.41) is 9.76. The van der Waals surface area contributed by atoms with E-state index in [1.54, 1.807) is 30.1 Å². The van der Waals surface area contributed by atoms with Gasteiger partial charge in [-0.1, -0.05) is 39.0 Å². The Hall–Kier alpha value is -3.98. The molecule has 9 heteroatoms. The number of hydrogen-bond donors (Lipinski definition) is 1. The first kappa shape index (κ1) is 28.0. The van der Waals surface area contributed by atoms with Crippen LogP contribution in [0.1, 0.15) is 43.7 Å². The van der Waals surface area contributed by atoms with Gasteiger partial charge in [0.05, 0.1) is 5.54 Å². The largest absolute Gasteiger partial charge is 0.465 e. The predicted molar refractivity (Wildman–Crippen MR) is 148 cm³/mol. The van der Waals surface area contributed by atoms with Crippen LogP contribution in [0.25, 0.3) is 0 Å². The summed E-state index contributed by atoms with van der Waals surface area (Å²) in [6.45, 7) is 10.7. The second-order valence-electron chi connectivity index (χ2n) is 11.1. The maximum atomic E-state index is 13.2. The Labute approximate surface area is 228 Å². The number of benzene rings is 2. The smallest absolute Gasteiger partial charge is 0.407 e.